The molecule has 12 heavy (non-hydrogen) atoms. The molecule has 1 N–H and O–H groups in total. The van der Waals surface area contributed by atoms with Gasteiger partial charge in [-0.25, -0.2) is 4.83 Å². The van der Waals surface area contributed by atoms with Crippen LogP contribution in [0, 0.1) is 0 Å². The van der Waals surface area contributed by atoms with Gasteiger partial charge in [0.2, 0.25) is 0 Å². The third kappa shape index (κ3) is 1.53. The Kier molecular flexibility index (Phi) is 2.18. The monoisotopic (exact) mass is 180 g/mol. The van der Waals surface area contributed by atoms with E-state index in [0.29, 0.717) is 6.61 Å². The number of nitrogens with zero attached hydrogens (tertiary/aromatic N) is 1. The first kappa shape index (κ1) is 7.49. The molecule has 62 valence electrons. The molecule has 0 radical (unpaired) electrons. The predicted octanol–water partition coefficient (Wildman–Crippen LogP) is 1.58. The molecule has 0 aliphatic carbocycles. The second kappa shape index (κ2) is 3.49. The zero-order valence-corrected chi connectivity index (χ0v) is 7.17. The van der Waals surface area contributed by atoms with Crippen LogP contribution in [-0.4, -0.2) is 12.8 Å². The lowest BCUT2D eigenvalue weighted by Gasteiger charge is -2.13. The van der Waals surface area contributed by atoms with Crippen molar-refractivity contribution in [2.75, 3.05) is 6.61 Å². The van der Waals surface area contributed by atoms with Gasteiger partial charge in [-0.1, -0.05) is 6.08 Å². The van der Waals surface area contributed by atoms with Crippen molar-refractivity contribution in [2.24, 2.45) is 5.10 Å². The molecule has 0 bridgehead atoms. The Labute approximate surface area is 75.0 Å². The predicted molar refractivity (Wildman–Crippen MR) is 50.5 cm³/mol. The molecule has 0 fully saturated rings. The Morgan fingerprint density at radius 3 is 3.25 bits per heavy atom. The molecule has 2 aliphatic rings. The third-order valence-electron chi connectivity index (χ3n) is 1.50. The van der Waals surface area contributed by atoms with Crippen molar-refractivity contribution >= 4 is 18.2 Å². The molecule has 0 aromatic rings. The van der Waals surface area contributed by atoms with E-state index in [9.17, 15) is 0 Å². The first-order chi connectivity index (χ1) is 5.97. The lowest BCUT2D eigenvalue weighted by molar-refractivity contribution is 0.255. The second-order valence-electron chi connectivity index (χ2n) is 2.31. The number of ether oxygens (including phenoxy) is 1. The molecule has 4 heteroatoms. The highest BCUT2D eigenvalue weighted by molar-refractivity contribution is 8.00. The Hall–Kier alpha value is -1.16. The van der Waals surface area contributed by atoms with Gasteiger partial charge in [0.05, 0.1) is 6.21 Å². The van der Waals surface area contributed by atoms with Crippen LogP contribution in [0.5, 0.6) is 0 Å². The van der Waals surface area contributed by atoms with E-state index in [0.717, 1.165) is 11.3 Å². The summed E-state index contributed by atoms with van der Waals surface area (Å²) in [6, 6.07) is 0. The van der Waals surface area contributed by atoms with Crippen molar-refractivity contribution in [3.8, 4) is 0 Å². The highest BCUT2D eigenvalue weighted by Crippen LogP contribution is 2.18. The maximum absolute atomic E-state index is 5.39. The van der Waals surface area contributed by atoms with E-state index in [1.807, 2.05) is 23.6 Å². The average molecular weight is 180 g/mol. The normalized spacial score (nSPS) is 20.7. The molecule has 3 nitrogen and oxygen atoms in total. The summed E-state index contributed by atoms with van der Waals surface area (Å²) in [5.41, 5.74) is 1.02. The van der Waals surface area contributed by atoms with Crippen LogP contribution in [0.15, 0.2) is 40.1 Å². The van der Waals surface area contributed by atoms with Crippen molar-refractivity contribution in [2.45, 2.75) is 0 Å². The molecule has 0 saturated heterocycles. The molecular formula is C8H8N2OS. The molecule has 2 heterocycles. The van der Waals surface area contributed by atoms with Gasteiger partial charge < -0.3 is 4.74 Å². The molecule has 0 spiro atoms. The van der Waals surface area contributed by atoms with Gasteiger partial charge in [-0.3, -0.25) is 0 Å². The Morgan fingerprint density at radius 1 is 1.58 bits per heavy atom. The minimum absolute atomic E-state index is 0.648. The summed E-state index contributed by atoms with van der Waals surface area (Å²) in [5.74, 6) is 0.884. The highest BCUT2D eigenvalue weighted by atomic mass is 32.2. The minimum atomic E-state index is 0.648. The Balaban J connectivity index is 2.17. The Bertz CT molecular complexity index is 291. The molecule has 0 unspecified atom stereocenters. The zero-order chi connectivity index (χ0) is 8.23. The summed E-state index contributed by atoms with van der Waals surface area (Å²) >= 11 is 1.44. The van der Waals surface area contributed by atoms with Crippen LogP contribution < -0.4 is 4.83 Å². The summed E-state index contributed by atoms with van der Waals surface area (Å²) in [5, 5.41) is 5.88. The fourth-order valence-electron chi connectivity index (χ4n) is 0.945. The molecule has 0 aromatic heterocycles. The van der Waals surface area contributed by atoms with E-state index >= 15 is 0 Å². The van der Waals surface area contributed by atoms with E-state index in [-0.39, 0.29) is 0 Å². The molecular weight excluding hydrogens is 172 g/mol. The lowest BCUT2D eigenvalue weighted by Crippen LogP contribution is -2.05. The average Bonchev–Trinajstić information content (AvgIpc) is 2.21. The van der Waals surface area contributed by atoms with Crippen LogP contribution in [0.1, 0.15) is 0 Å². The quantitative estimate of drug-likeness (QED) is 0.622. The third-order valence-corrected chi connectivity index (χ3v) is 2.08. The topological polar surface area (TPSA) is 33.6 Å². The van der Waals surface area contributed by atoms with Crippen molar-refractivity contribution < 1.29 is 4.74 Å². The van der Waals surface area contributed by atoms with Crippen molar-refractivity contribution in [3.05, 3.63) is 35.0 Å². The fraction of sp³-hybridized carbons (Fsp3) is 0.125. The van der Waals surface area contributed by atoms with Crippen molar-refractivity contribution in [3.63, 3.8) is 0 Å². The van der Waals surface area contributed by atoms with Gasteiger partial charge in [0.25, 0.3) is 0 Å². The van der Waals surface area contributed by atoms with Crippen LogP contribution >= 0.6 is 11.9 Å². The van der Waals surface area contributed by atoms with Gasteiger partial charge in [0.15, 0.2) is 0 Å². The molecule has 0 saturated carbocycles. The van der Waals surface area contributed by atoms with Gasteiger partial charge in [-0.05, 0) is 24.1 Å². The number of rotatable bonds is 1. The molecule has 2 rings (SSSR count). The number of hydrogen-bond donors (Lipinski definition) is 1. The second-order valence-corrected chi connectivity index (χ2v) is 2.96. The molecule has 2 aliphatic heterocycles. The van der Waals surface area contributed by atoms with Gasteiger partial charge in [0, 0.05) is 11.0 Å². The number of allylic oxidation sites excluding steroid dienone is 3. The SMILES string of the molecule is C1=CCOC(C2=CSNN=C2)=C1. The minimum Gasteiger partial charge on any atom is -0.489 e. The maximum atomic E-state index is 5.39. The van der Waals surface area contributed by atoms with Crippen molar-refractivity contribution in [1.29, 1.82) is 0 Å². The van der Waals surface area contributed by atoms with Gasteiger partial charge in [-0.2, -0.15) is 5.10 Å². The highest BCUT2D eigenvalue weighted by Gasteiger charge is 2.07. The van der Waals surface area contributed by atoms with E-state index in [4.69, 9.17) is 4.74 Å². The summed E-state index contributed by atoms with van der Waals surface area (Å²) in [6.07, 6.45) is 7.64. The smallest absolute Gasteiger partial charge is 0.129 e. The van der Waals surface area contributed by atoms with Gasteiger partial charge >= 0.3 is 0 Å². The molecule has 0 aromatic carbocycles. The fourth-order valence-corrected chi connectivity index (χ4v) is 1.42. The first-order valence-corrected chi connectivity index (χ1v) is 4.49. The summed E-state index contributed by atoms with van der Waals surface area (Å²) in [7, 11) is 0. The van der Waals surface area contributed by atoms with Gasteiger partial charge in [0.1, 0.15) is 12.4 Å². The summed E-state index contributed by atoms with van der Waals surface area (Å²) < 4.78 is 5.39. The summed E-state index contributed by atoms with van der Waals surface area (Å²) in [6.45, 7) is 0.648. The maximum Gasteiger partial charge on any atom is 0.129 e. The van der Waals surface area contributed by atoms with Crippen LogP contribution in [0.2, 0.25) is 0 Å². The van der Waals surface area contributed by atoms with E-state index in [2.05, 4.69) is 9.93 Å². The Morgan fingerprint density at radius 2 is 2.58 bits per heavy atom. The van der Waals surface area contributed by atoms with Crippen molar-refractivity contribution in [1.82, 2.24) is 4.83 Å². The van der Waals surface area contributed by atoms with E-state index < -0.39 is 0 Å². The summed E-state index contributed by atoms with van der Waals surface area (Å²) in [4.78, 5) is 2.76. The van der Waals surface area contributed by atoms with E-state index in [1.165, 1.54) is 11.9 Å². The number of hydrogen-bond acceptors (Lipinski definition) is 4. The van der Waals surface area contributed by atoms with Crippen LogP contribution in [-0.2, 0) is 4.74 Å². The number of hydrazone groups is 1. The standard InChI is InChI=1S/C8H8N2OS/c1-2-4-11-8(3-1)7-5-9-10-12-6-7/h1-3,5-6,10H,4H2. The largest absolute Gasteiger partial charge is 0.489 e. The first-order valence-electron chi connectivity index (χ1n) is 3.61. The molecule has 0 atom stereocenters. The van der Waals surface area contributed by atoms with Crippen LogP contribution in [0.3, 0.4) is 0 Å². The number of nitrogens with one attached hydrogen (secondary N) is 1. The van der Waals surface area contributed by atoms with Gasteiger partial charge in [-0.15, -0.1) is 0 Å². The zero-order valence-electron chi connectivity index (χ0n) is 6.36. The lowest BCUT2D eigenvalue weighted by atomic mass is 10.2. The van der Waals surface area contributed by atoms with Crippen LogP contribution in [0.25, 0.3) is 0 Å². The van der Waals surface area contributed by atoms with Crippen LogP contribution in [0.4, 0.5) is 0 Å². The van der Waals surface area contributed by atoms with E-state index in [1.54, 1.807) is 6.21 Å². The molecule has 0 amide bonds.